The Morgan fingerprint density at radius 2 is 2.00 bits per heavy atom. The second-order valence-corrected chi connectivity index (χ2v) is 6.14. The van der Waals surface area contributed by atoms with E-state index >= 15 is 0 Å². The Labute approximate surface area is 141 Å². The van der Waals surface area contributed by atoms with Crippen molar-refractivity contribution in [3.63, 3.8) is 0 Å². The molecule has 0 fully saturated rings. The summed E-state index contributed by atoms with van der Waals surface area (Å²) in [4.78, 5) is 12.4. The SMILES string of the molecule is Cc1nn(C)c(C)c1CC(=O)NC(C)c1ccc2c(c1)OCCO2. The molecule has 1 N–H and O–H groups in total. The van der Waals surface area contributed by atoms with Crippen molar-refractivity contribution < 1.29 is 14.3 Å². The van der Waals surface area contributed by atoms with E-state index in [0.29, 0.717) is 19.6 Å². The van der Waals surface area contributed by atoms with E-state index in [1.54, 1.807) is 0 Å². The molecule has 0 spiro atoms. The standard InChI is InChI=1S/C18H23N3O3/c1-11(14-5-6-16-17(9-14)24-8-7-23-16)19-18(22)10-15-12(2)20-21(4)13(15)3/h5-6,9,11H,7-8,10H2,1-4H3,(H,19,22). The van der Waals surface area contributed by atoms with Crippen molar-refractivity contribution in [2.45, 2.75) is 33.2 Å². The molecule has 1 aliphatic heterocycles. The number of aryl methyl sites for hydroxylation is 2. The molecule has 6 nitrogen and oxygen atoms in total. The molecule has 1 atom stereocenters. The molecule has 128 valence electrons. The average molecular weight is 329 g/mol. The normalized spacial score (nSPS) is 14.3. The maximum atomic E-state index is 12.4. The summed E-state index contributed by atoms with van der Waals surface area (Å²) in [5, 5.41) is 7.40. The van der Waals surface area contributed by atoms with E-state index in [-0.39, 0.29) is 11.9 Å². The van der Waals surface area contributed by atoms with Gasteiger partial charge >= 0.3 is 0 Å². The quantitative estimate of drug-likeness (QED) is 0.934. The molecule has 1 aromatic carbocycles. The lowest BCUT2D eigenvalue weighted by atomic mass is 10.1. The van der Waals surface area contributed by atoms with Crippen LogP contribution in [0.5, 0.6) is 11.5 Å². The van der Waals surface area contributed by atoms with Gasteiger partial charge in [0.25, 0.3) is 0 Å². The summed E-state index contributed by atoms with van der Waals surface area (Å²) in [5.41, 5.74) is 3.91. The maximum absolute atomic E-state index is 12.4. The first-order valence-corrected chi connectivity index (χ1v) is 8.13. The molecule has 1 aliphatic rings. The molecule has 3 rings (SSSR count). The van der Waals surface area contributed by atoms with Crippen molar-refractivity contribution in [1.29, 1.82) is 0 Å². The van der Waals surface area contributed by atoms with E-state index in [1.807, 2.05) is 50.7 Å². The number of nitrogens with one attached hydrogen (secondary N) is 1. The summed E-state index contributed by atoms with van der Waals surface area (Å²) in [5.74, 6) is 1.47. The van der Waals surface area contributed by atoms with Crippen molar-refractivity contribution in [3.05, 3.63) is 40.7 Å². The molecule has 2 aromatic rings. The first-order chi connectivity index (χ1) is 11.5. The number of ether oxygens (including phenoxy) is 2. The Morgan fingerprint density at radius 1 is 1.29 bits per heavy atom. The van der Waals surface area contributed by atoms with Gasteiger partial charge in [-0.3, -0.25) is 9.48 Å². The van der Waals surface area contributed by atoms with Crippen molar-refractivity contribution in [2.24, 2.45) is 7.05 Å². The summed E-state index contributed by atoms with van der Waals surface area (Å²) < 4.78 is 12.9. The Morgan fingerprint density at radius 3 is 2.67 bits per heavy atom. The van der Waals surface area contributed by atoms with Gasteiger partial charge < -0.3 is 14.8 Å². The van der Waals surface area contributed by atoms with Gasteiger partial charge in [0.05, 0.1) is 18.2 Å². The monoisotopic (exact) mass is 329 g/mol. The molecule has 0 aliphatic carbocycles. The number of hydrogen-bond donors (Lipinski definition) is 1. The van der Waals surface area contributed by atoms with Gasteiger partial charge in [0, 0.05) is 18.3 Å². The first-order valence-electron chi connectivity index (χ1n) is 8.13. The highest BCUT2D eigenvalue weighted by atomic mass is 16.6. The summed E-state index contributed by atoms with van der Waals surface area (Å²) in [6.07, 6.45) is 0.334. The van der Waals surface area contributed by atoms with Crippen LogP contribution in [0.25, 0.3) is 0 Å². The van der Waals surface area contributed by atoms with Gasteiger partial charge in [0.1, 0.15) is 13.2 Å². The Hall–Kier alpha value is -2.50. The summed E-state index contributed by atoms with van der Waals surface area (Å²) >= 11 is 0. The van der Waals surface area contributed by atoms with Crippen molar-refractivity contribution in [3.8, 4) is 11.5 Å². The first kappa shape index (κ1) is 16.4. The molecule has 0 radical (unpaired) electrons. The minimum atomic E-state index is -0.106. The number of fused-ring (bicyclic) bond motifs is 1. The molecule has 1 unspecified atom stereocenters. The molecular weight excluding hydrogens is 306 g/mol. The Balaban J connectivity index is 1.68. The number of rotatable bonds is 4. The molecule has 0 saturated heterocycles. The van der Waals surface area contributed by atoms with Crippen LogP contribution < -0.4 is 14.8 Å². The molecular formula is C18H23N3O3. The van der Waals surface area contributed by atoms with Gasteiger partial charge in [0.15, 0.2) is 11.5 Å². The van der Waals surface area contributed by atoms with Crippen LogP contribution >= 0.6 is 0 Å². The van der Waals surface area contributed by atoms with E-state index < -0.39 is 0 Å². The highest BCUT2D eigenvalue weighted by Crippen LogP contribution is 2.32. The average Bonchev–Trinajstić information content (AvgIpc) is 2.80. The van der Waals surface area contributed by atoms with Crippen LogP contribution in [0.2, 0.25) is 0 Å². The van der Waals surface area contributed by atoms with Crippen LogP contribution in [0.4, 0.5) is 0 Å². The second-order valence-electron chi connectivity index (χ2n) is 6.14. The summed E-state index contributed by atoms with van der Waals surface area (Å²) in [7, 11) is 1.89. The zero-order chi connectivity index (χ0) is 17.3. The topological polar surface area (TPSA) is 65.4 Å². The molecule has 2 heterocycles. The van der Waals surface area contributed by atoms with Crippen LogP contribution in [-0.2, 0) is 18.3 Å². The fourth-order valence-corrected chi connectivity index (χ4v) is 2.94. The van der Waals surface area contributed by atoms with Gasteiger partial charge in [0.2, 0.25) is 5.91 Å². The van der Waals surface area contributed by atoms with Crippen LogP contribution in [0, 0.1) is 13.8 Å². The summed E-state index contributed by atoms with van der Waals surface area (Å²) in [6.45, 7) is 7.00. The minimum absolute atomic E-state index is 0.0170. The lowest BCUT2D eigenvalue weighted by Gasteiger charge is -2.21. The number of amides is 1. The predicted molar refractivity (Wildman–Crippen MR) is 90.4 cm³/mol. The largest absolute Gasteiger partial charge is 0.486 e. The number of carbonyl (C=O) groups is 1. The van der Waals surface area contributed by atoms with Crippen LogP contribution in [-0.4, -0.2) is 28.9 Å². The third kappa shape index (κ3) is 3.22. The third-order valence-electron chi connectivity index (χ3n) is 4.44. The molecule has 24 heavy (non-hydrogen) atoms. The fraction of sp³-hybridized carbons (Fsp3) is 0.444. The van der Waals surface area contributed by atoms with E-state index in [2.05, 4.69) is 10.4 Å². The Bertz CT molecular complexity index is 767. The van der Waals surface area contributed by atoms with Gasteiger partial charge in [-0.1, -0.05) is 6.07 Å². The van der Waals surface area contributed by atoms with E-state index in [9.17, 15) is 4.79 Å². The number of aromatic nitrogens is 2. The van der Waals surface area contributed by atoms with E-state index in [1.165, 1.54) is 0 Å². The molecule has 0 bridgehead atoms. The van der Waals surface area contributed by atoms with Crippen LogP contribution in [0.15, 0.2) is 18.2 Å². The number of nitrogens with zero attached hydrogens (tertiary/aromatic N) is 2. The van der Waals surface area contributed by atoms with Gasteiger partial charge in [-0.05, 0) is 38.5 Å². The highest BCUT2D eigenvalue weighted by molar-refractivity contribution is 5.79. The second kappa shape index (κ2) is 6.55. The predicted octanol–water partition coefficient (Wildman–Crippen LogP) is 2.23. The van der Waals surface area contributed by atoms with Crippen molar-refractivity contribution in [1.82, 2.24) is 15.1 Å². The molecule has 1 aromatic heterocycles. The van der Waals surface area contributed by atoms with E-state index in [4.69, 9.17) is 9.47 Å². The van der Waals surface area contributed by atoms with Gasteiger partial charge in [-0.2, -0.15) is 5.10 Å². The maximum Gasteiger partial charge on any atom is 0.225 e. The fourth-order valence-electron chi connectivity index (χ4n) is 2.94. The number of carbonyl (C=O) groups excluding carboxylic acids is 1. The third-order valence-corrected chi connectivity index (χ3v) is 4.44. The van der Waals surface area contributed by atoms with E-state index in [0.717, 1.165) is 34.0 Å². The number of hydrogen-bond acceptors (Lipinski definition) is 4. The van der Waals surface area contributed by atoms with Crippen molar-refractivity contribution in [2.75, 3.05) is 13.2 Å². The van der Waals surface area contributed by atoms with Gasteiger partial charge in [-0.25, -0.2) is 0 Å². The zero-order valence-electron chi connectivity index (χ0n) is 14.5. The molecule has 6 heteroatoms. The highest BCUT2D eigenvalue weighted by Gasteiger charge is 2.18. The van der Waals surface area contributed by atoms with Crippen molar-refractivity contribution >= 4 is 5.91 Å². The lowest BCUT2D eigenvalue weighted by molar-refractivity contribution is -0.121. The zero-order valence-corrected chi connectivity index (χ0v) is 14.5. The lowest BCUT2D eigenvalue weighted by Crippen LogP contribution is -2.28. The minimum Gasteiger partial charge on any atom is -0.486 e. The smallest absolute Gasteiger partial charge is 0.225 e. The Kier molecular flexibility index (Phi) is 4.46. The van der Waals surface area contributed by atoms with Crippen LogP contribution in [0.3, 0.4) is 0 Å². The van der Waals surface area contributed by atoms with Crippen LogP contribution in [0.1, 0.15) is 35.5 Å². The molecule has 1 amide bonds. The molecule has 0 saturated carbocycles. The summed E-state index contributed by atoms with van der Waals surface area (Å²) in [6, 6.07) is 5.67. The number of benzene rings is 1. The van der Waals surface area contributed by atoms with Gasteiger partial charge in [-0.15, -0.1) is 0 Å².